The lowest BCUT2D eigenvalue weighted by molar-refractivity contribution is 0.285. The fourth-order valence-corrected chi connectivity index (χ4v) is 1.99. The van der Waals surface area contributed by atoms with Gasteiger partial charge in [-0.15, -0.1) is 0 Å². The molecule has 0 spiro atoms. The van der Waals surface area contributed by atoms with Gasteiger partial charge in [0, 0.05) is 17.7 Å². The lowest BCUT2D eigenvalue weighted by Crippen LogP contribution is -2.21. The van der Waals surface area contributed by atoms with Crippen LogP contribution in [-0.4, -0.2) is 23.2 Å². The van der Waals surface area contributed by atoms with Crippen molar-refractivity contribution in [1.82, 2.24) is 10.3 Å². The average molecular weight is 255 g/mol. The van der Waals surface area contributed by atoms with Crippen molar-refractivity contribution in [3.63, 3.8) is 0 Å². The third-order valence-corrected chi connectivity index (χ3v) is 3.00. The summed E-state index contributed by atoms with van der Waals surface area (Å²) in [6, 6.07) is 11.7. The Kier molecular flexibility index (Phi) is 4.45. The number of rotatable bonds is 5. The number of hydrogen-bond donors (Lipinski definition) is 2. The number of aliphatic hydroxyl groups is 1. The first kappa shape index (κ1) is 13.5. The van der Waals surface area contributed by atoms with Crippen molar-refractivity contribution >= 4 is 10.9 Å². The summed E-state index contributed by atoms with van der Waals surface area (Å²) >= 11 is 0. The molecule has 98 valence electrons. The van der Waals surface area contributed by atoms with Crippen molar-refractivity contribution in [1.29, 1.82) is 5.26 Å². The van der Waals surface area contributed by atoms with E-state index in [4.69, 9.17) is 5.11 Å². The lowest BCUT2D eigenvalue weighted by Gasteiger charge is -2.12. The third kappa shape index (κ3) is 3.28. The molecule has 1 aromatic carbocycles. The number of aliphatic hydroxyl groups excluding tert-OH is 1. The number of nitrogens with zero attached hydrogens (tertiary/aromatic N) is 2. The molecule has 2 N–H and O–H groups in total. The molecule has 1 aromatic heterocycles. The topological polar surface area (TPSA) is 68.9 Å². The van der Waals surface area contributed by atoms with E-state index in [-0.39, 0.29) is 12.6 Å². The lowest BCUT2D eigenvalue weighted by atomic mass is 10.0. The molecule has 0 saturated carbocycles. The van der Waals surface area contributed by atoms with Gasteiger partial charge in [0.15, 0.2) is 0 Å². The van der Waals surface area contributed by atoms with Crippen LogP contribution in [0, 0.1) is 18.3 Å². The maximum atomic E-state index is 9.20. The molecule has 0 aliphatic heterocycles. The summed E-state index contributed by atoms with van der Waals surface area (Å²) in [7, 11) is 0. The monoisotopic (exact) mass is 255 g/mol. The largest absolute Gasteiger partial charge is 0.396 e. The van der Waals surface area contributed by atoms with E-state index in [1.807, 2.05) is 37.3 Å². The Morgan fingerprint density at radius 1 is 1.37 bits per heavy atom. The van der Waals surface area contributed by atoms with Crippen LogP contribution in [-0.2, 0) is 0 Å². The average Bonchev–Trinajstić information content (AvgIpc) is 2.43. The van der Waals surface area contributed by atoms with E-state index in [1.54, 1.807) is 0 Å². The Balaban J connectivity index is 2.24. The Hall–Kier alpha value is -1.96. The number of pyridine rings is 1. The first-order valence-corrected chi connectivity index (χ1v) is 6.36. The molecule has 19 heavy (non-hydrogen) atoms. The number of aromatic nitrogens is 1. The Morgan fingerprint density at radius 2 is 2.21 bits per heavy atom. The van der Waals surface area contributed by atoms with Crippen molar-refractivity contribution in [3.05, 3.63) is 41.6 Å². The maximum Gasteiger partial charge on any atom is 0.121 e. The third-order valence-electron chi connectivity index (χ3n) is 3.00. The smallest absolute Gasteiger partial charge is 0.121 e. The highest BCUT2D eigenvalue weighted by molar-refractivity contribution is 5.79. The SMILES string of the molecule is Cc1ccc2cc(C(C#N)NCCCO)ccc2n1. The maximum absolute atomic E-state index is 9.20. The second kappa shape index (κ2) is 6.28. The van der Waals surface area contributed by atoms with E-state index in [2.05, 4.69) is 16.4 Å². The van der Waals surface area contributed by atoms with Gasteiger partial charge in [0.25, 0.3) is 0 Å². The Bertz CT molecular complexity index is 604. The summed E-state index contributed by atoms with van der Waals surface area (Å²) in [4.78, 5) is 4.44. The predicted molar refractivity (Wildman–Crippen MR) is 74.5 cm³/mol. The van der Waals surface area contributed by atoms with Gasteiger partial charge < -0.3 is 5.11 Å². The standard InChI is InChI=1S/C15H17N3O/c1-11-3-4-12-9-13(5-6-14(12)18-11)15(10-16)17-7-2-8-19/h3-6,9,15,17,19H,2,7-8H2,1H3. The molecule has 2 rings (SSSR count). The Labute approximate surface area is 112 Å². The van der Waals surface area contributed by atoms with Crippen LogP contribution in [0.4, 0.5) is 0 Å². The molecule has 1 heterocycles. The number of benzene rings is 1. The van der Waals surface area contributed by atoms with Gasteiger partial charge in [-0.1, -0.05) is 12.1 Å². The molecule has 0 bridgehead atoms. The van der Waals surface area contributed by atoms with Crippen LogP contribution in [0.25, 0.3) is 10.9 Å². The minimum atomic E-state index is -0.350. The van der Waals surface area contributed by atoms with Crippen molar-refractivity contribution in [3.8, 4) is 6.07 Å². The molecule has 4 heteroatoms. The molecule has 0 fully saturated rings. The molecular weight excluding hydrogens is 238 g/mol. The molecule has 4 nitrogen and oxygen atoms in total. The summed E-state index contributed by atoms with van der Waals surface area (Å²) in [6.45, 7) is 2.72. The fourth-order valence-electron chi connectivity index (χ4n) is 1.99. The van der Waals surface area contributed by atoms with E-state index in [9.17, 15) is 5.26 Å². The van der Waals surface area contributed by atoms with Gasteiger partial charge in [0.1, 0.15) is 6.04 Å². The summed E-state index contributed by atoms with van der Waals surface area (Å²) in [5, 5.41) is 22.1. The first-order valence-electron chi connectivity index (χ1n) is 6.36. The van der Waals surface area contributed by atoms with Crippen LogP contribution >= 0.6 is 0 Å². The molecule has 0 radical (unpaired) electrons. The highest BCUT2D eigenvalue weighted by Crippen LogP contribution is 2.19. The molecule has 0 aliphatic carbocycles. The van der Waals surface area contributed by atoms with Gasteiger partial charge in [-0.2, -0.15) is 5.26 Å². The van der Waals surface area contributed by atoms with Crippen molar-refractivity contribution in [2.24, 2.45) is 0 Å². The molecular formula is C15H17N3O. The molecule has 2 aromatic rings. The molecule has 1 unspecified atom stereocenters. The second-order valence-corrected chi connectivity index (χ2v) is 4.50. The number of hydrogen-bond acceptors (Lipinski definition) is 4. The van der Waals surface area contributed by atoms with Gasteiger partial charge >= 0.3 is 0 Å². The van der Waals surface area contributed by atoms with Gasteiger partial charge in [0.05, 0.1) is 11.6 Å². The minimum absolute atomic E-state index is 0.131. The van der Waals surface area contributed by atoms with E-state index < -0.39 is 0 Å². The summed E-state index contributed by atoms with van der Waals surface area (Å²) in [6.07, 6.45) is 0.645. The first-order chi connectivity index (χ1) is 9.24. The normalized spacial score (nSPS) is 12.3. The van der Waals surface area contributed by atoms with Gasteiger partial charge in [-0.25, -0.2) is 0 Å². The highest BCUT2D eigenvalue weighted by atomic mass is 16.3. The van der Waals surface area contributed by atoms with Gasteiger partial charge in [-0.3, -0.25) is 10.3 Å². The molecule has 0 amide bonds. The van der Waals surface area contributed by atoms with Crippen LogP contribution in [0.3, 0.4) is 0 Å². The predicted octanol–water partition coefficient (Wildman–Crippen LogP) is 2.08. The zero-order valence-electron chi connectivity index (χ0n) is 10.9. The molecule has 0 aliphatic rings. The molecule has 0 saturated heterocycles. The van der Waals surface area contributed by atoms with Crippen LogP contribution < -0.4 is 5.32 Å². The van der Waals surface area contributed by atoms with E-state index in [0.29, 0.717) is 13.0 Å². The highest BCUT2D eigenvalue weighted by Gasteiger charge is 2.10. The quantitative estimate of drug-likeness (QED) is 0.803. The van der Waals surface area contributed by atoms with Crippen molar-refractivity contribution < 1.29 is 5.11 Å². The number of aryl methyl sites for hydroxylation is 1. The van der Waals surface area contributed by atoms with E-state index in [1.165, 1.54) is 0 Å². The van der Waals surface area contributed by atoms with Gasteiger partial charge in [-0.05, 0) is 43.7 Å². The van der Waals surface area contributed by atoms with E-state index >= 15 is 0 Å². The summed E-state index contributed by atoms with van der Waals surface area (Å²) < 4.78 is 0. The number of nitriles is 1. The van der Waals surface area contributed by atoms with Gasteiger partial charge in [0.2, 0.25) is 0 Å². The van der Waals surface area contributed by atoms with Crippen molar-refractivity contribution in [2.45, 2.75) is 19.4 Å². The van der Waals surface area contributed by atoms with Crippen LogP contribution in [0.5, 0.6) is 0 Å². The Morgan fingerprint density at radius 3 is 2.95 bits per heavy atom. The number of fused-ring (bicyclic) bond motifs is 1. The van der Waals surface area contributed by atoms with Crippen LogP contribution in [0.2, 0.25) is 0 Å². The fraction of sp³-hybridized carbons (Fsp3) is 0.333. The zero-order valence-corrected chi connectivity index (χ0v) is 10.9. The minimum Gasteiger partial charge on any atom is -0.396 e. The second-order valence-electron chi connectivity index (χ2n) is 4.50. The molecule has 1 atom stereocenters. The van der Waals surface area contributed by atoms with Crippen LogP contribution in [0.1, 0.15) is 23.7 Å². The summed E-state index contributed by atoms with van der Waals surface area (Å²) in [5.41, 5.74) is 2.85. The van der Waals surface area contributed by atoms with Crippen LogP contribution in [0.15, 0.2) is 30.3 Å². The van der Waals surface area contributed by atoms with Crippen molar-refractivity contribution in [2.75, 3.05) is 13.2 Å². The number of nitrogens with one attached hydrogen (secondary N) is 1. The van der Waals surface area contributed by atoms with E-state index in [0.717, 1.165) is 22.2 Å². The zero-order chi connectivity index (χ0) is 13.7. The summed E-state index contributed by atoms with van der Waals surface area (Å²) in [5.74, 6) is 0.